The van der Waals surface area contributed by atoms with Crippen LogP contribution in [0.3, 0.4) is 0 Å². The van der Waals surface area contributed by atoms with Gasteiger partial charge < -0.3 is 15.7 Å². The van der Waals surface area contributed by atoms with E-state index in [1.165, 1.54) is 0 Å². The minimum absolute atomic E-state index is 0.0596. The largest absolute Gasteiger partial charge is 0.480 e. The molecule has 0 aromatic heterocycles. The molecule has 0 spiro atoms. The van der Waals surface area contributed by atoms with Crippen LogP contribution in [-0.4, -0.2) is 66.1 Å². The Kier molecular flexibility index (Phi) is 4.99. The summed E-state index contributed by atoms with van der Waals surface area (Å²) < 4.78 is 0. The van der Waals surface area contributed by atoms with Crippen LogP contribution >= 0.6 is 0 Å². The van der Waals surface area contributed by atoms with Gasteiger partial charge in [0, 0.05) is 32.7 Å². The number of aliphatic carboxylic acids is 1. The molecule has 0 aromatic rings. The molecular formula is C14H25N3O3. The van der Waals surface area contributed by atoms with Crippen molar-refractivity contribution < 1.29 is 14.7 Å². The number of rotatable bonds is 4. The predicted molar refractivity (Wildman–Crippen MR) is 75.2 cm³/mol. The number of nitrogens with zero attached hydrogens (tertiary/aromatic N) is 2. The van der Waals surface area contributed by atoms with Crippen LogP contribution in [0.5, 0.6) is 0 Å². The zero-order valence-electron chi connectivity index (χ0n) is 12.0. The van der Waals surface area contributed by atoms with Gasteiger partial charge in [0.25, 0.3) is 0 Å². The van der Waals surface area contributed by atoms with Gasteiger partial charge in [0.15, 0.2) is 0 Å². The SMILES string of the molecule is NCC1(C(=O)N2CCCN(CC(=O)O)CC2)CCCC1. The van der Waals surface area contributed by atoms with Crippen molar-refractivity contribution in [2.45, 2.75) is 32.1 Å². The van der Waals surface area contributed by atoms with E-state index in [0.717, 1.165) is 45.2 Å². The third kappa shape index (κ3) is 3.30. The first kappa shape index (κ1) is 15.3. The number of amides is 1. The van der Waals surface area contributed by atoms with Crippen LogP contribution in [0, 0.1) is 5.41 Å². The molecule has 6 heteroatoms. The highest BCUT2D eigenvalue weighted by Gasteiger charge is 2.42. The lowest BCUT2D eigenvalue weighted by atomic mass is 9.84. The maximum Gasteiger partial charge on any atom is 0.317 e. The number of hydrogen-bond donors (Lipinski definition) is 2. The van der Waals surface area contributed by atoms with E-state index in [9.17, 15) is 9.59 Å². The van der Waals surface area contributed by atoms with Crippen LogP contribution < -0.4 is 5.73 Å². The fourth-order valence-corrected chi connectivity index (χ4v) is 3.42. The molecule has 0 aromatic carbocycles. The lowest BCUT2D eigenvalue weighted by Gasteiger charge is -2.33. The Morgan fingerprint density at radius 2 is 1.75 bits per heavy atom. The first-order valence-electron chi connectivity index (χ1n) is 7.51. The highest BCUT2D eigenvalue weighted by Crippen LogP contribution is 2.38. The highest BCUT2D eigenvalue weighted by molar-refractivity contribution is 5.83. The van der Waals surface area contributed by atoms with E-state index in [1.807, 2.05) is 9.80 Å². The number of carboxylic acids is 1. The van der Waals surface area contributed by atoms with Crippen molar-refractivity contribution in [3.05, 3.63) is 0 Å². The van der Waals surface area contributed by atoms with Gasteiger partial charge in [-0.05, 0) is 19.3 Å². The first-order chi connectivity index (χ1) is 9.57. The minimum atomic E-state index is -0.806. The van der Waals surface area contributed by atoms with E-state index < -0.39 is 5.97 Å². The van der Waals surface area contributed by atoms with E-state index in [4.69, 9.17) is 10.8 Å². The average Bonchev–Trinajstić information content (AvgIpc) is 2.80. The highest BCUT2D eigenvalue weighted by atomic mass is 16.4. The zero-order valence-corrected chi connectivity index (χ0v) is 12.0. The van der Waals surface area contributed by atoms with Gasteiger partial charge >= 0.3 is 5.97 Å². The monoisotopic (exact) mass is 283 g/mol. The van der Waals surface area contributed by atoms with Crippen molar-refractivity contribution in [2.75, 3.05) is 39.3 Å². The Labute approximate surface area is 119 Å². The summed E-state index contributed by atoms with van der Waals surface area (Å²) in [5.74, 6) is -0.617. The second-order valence-corrected chi connectivity index (χ2v) is 6.01. The summed E-state index contributed by atoms with van der Waals surface area (Å²) in [4.78, 5) is 27.3. The molecular weight excluding hydrogens is 258 g/mol. The molecule has 114 valence electrons. The third-order valence-electron chi connectivity index (χ3n) is 4.64. The van der Waals surface area contributed by atoms with E-state index in [-0.39, 0.29) is 17.9 Å². The molecule has 0 radical (unpaired) electrons. The molecule has 2 fully saturated rings. The van der Waals surface area contributed by atoms with Crippen LogP contribution in [-0.2, 0) is 9.59 Å². The van der Waals surface area contributed by atoms with E-state index in [1.54, 1.807) is 0 Å². The van der Waals surface area contributed by atoms with Crippen LogP contribution in [0.15, 0.2) is 0 Å². The molecule has 0 atom stereocenters. The van der Waals surface area contributed by atoms with Gasteiger partial charge in [-0.15, -0.1) is 0 Å². The lowest BCUT2D eigenvalue weighted by molar-refractivity contribution is -0.141. The number of hydrogen-bond acceptors (Lipinski definition) is 4. The molecule has 1 amide bonds. The maximum atomic E-state index is 12.7. The summed E-state index contributed by atoms with van der Waals surface area (Å²) in [5, 5.41) is 8.85. The molecule has 1 saturated carbocycles. The Hall–Kier alpha value is -1.14. The molecule has 1 heterocycles. The lowest BCUT2D eigenvalue weighted by Crippen LogP contribution is -2.48. The summed E-state index contributed by atoms with van der Waals surface area (Å²) in [6.45, 7) is 3.21. The Morgan fingerprint density at radius 3 is 2.35 bits per heavy atom. The topological polar surface area (TPSA) is 86.9 Å². The third-order valence-corrected chi connectivity index (χ3v) is 4.64. The second-order valence-electron chi connectivity index (χ2n) is 6.01. The molecule has 1 aliphatic carbocycles. The van der Waals surface area contributed by atoms with Gasteiger partial charge in [-0.1, -0.05) is 12.8 Å². The quantitative estimate of drug-likeness (QED) is 0.765. The van der Waals surface area contributed by atoms with Crippen LogP contribution in [0.2, 0.25) is 0 Å². The fourth-order valence-electron chi connectivity index (χ4n) is 3.42. The van der Waals surface area contributed by atoms with Crippen molar-refractivity contribution in [1.29, 1.82) is 0 Å². The average molecular weight is 283 g/mol. The van der Waals surface area contributed by atoms with Gasteiger partial charge in [0.05, 0.1) is 12.0 Å². The molecule has 0 bridgehead atoms. The zero-order chi connectivity index (χ0) is 14.6. The van der Waals surface area contributed by atoms with E-state index >= 15 is 0 Å². The molecule has 0 unspecified atom stereocenters. The van der Waals surface area contributed by atoms with Crippen molar-refractivity contribution in [1.82, 2.24) is 9.80 Å². The van der Waals surface area contributed by atoms with Crippen LogP contribution in [0.25, 0.3) is 0 Å². The Balaban J connectivity index is 1.95. The van der Waals surface area contributed by atoms with Crippen molar-refractivity contribution >= 4 is 11.9 Å². The van der Waals surface area contributed by atoms with Gasteiger partial charge in [-0.2, -0.15) is 0 Å². The molecule has 2 aliphatic rings. The Morgan fingerprint density at radius 1 is 1.05 bits per heavy atom. The molecule has 6 nitrogen and oxygen atoms in total. The summed E-state index contributed by atoms with van der Waals surface area (Å²) in [6.07, 6.45) is 4.80. The summed E-state index contributed by atoms with van der Waals surface area (Å²) >= 11 is 0. The molecule has 3 N–H and O–H groups in total. The smallest absolute Gasteiger partial charge is 0.317 e. The molecule has 2 rings (SSSR count). The van der Waals surface area contributed by atoms with Gasteiger partial charge in [-0.25, -0.2) is 0 Å². The van der Waals surface area contributed by atoms with Crippen molar-refractivity contribution in [3.63, 3.8) is 0 Å². The summed E-state index contributed by atoms with van der Waals surface area (Å²) in [5.41, 5.74) is 5.53. The van der Waals surface area contributed by atoms with E-state index in [0.29, 0.717) is 19.6 Å². The number of carbonyl (C=O) groups excluding carboxylic acids is 1. The van der Waals surface area contributed by atoms with Gasteiger partial charge in [-0.3, -0.25) is 14.5 Å². The predicted octanol–water partition coefficient (Wildman–Crippen LogP) is 0.124. The number of nitrogens with two attached hydrogens (primary N) is 1. The Bertz CT molecular complexity index is 367. The summed E-state index contributed by atoms with van der Waals surface area (Å²) in [6, 6.07) is 0. The van der Waals surface area contributed by atoms with Crippen LogP contribution in [0.4, 0.5) is 0 Å². The molecule has 20 heavy (non-hydrogen) atoms. The molecule has 1 aliphatic heterocycles. The number of carbonyl (C=O) groups is 2. The van der Waals surface area contributed by atoms with Crippen molar-refractivity contribution in [2.24, 2.45) is 11.1 Å². The summed E-state index contributed by atoms with van der Waals surface area (Å²) in [7, 11) is 0. The fraction of sp³-hybridized carbons (Fsp3) is 0.857. The van der Waals surface area contributed by atoms with Crippen molar-refractivity contribution in [3.8, 4) is 0 Å². The number of carboxylic acid groups (broad SMARTS) is 1. The van der Waals surface area contributed by atoms with Gasteiger partial charge in [0.2, 0.25) is 5.91 Å². The maximum absolute atomic E-state index is 12.7. The molecule has 1 saturated heterocycles. The second kappa shape index (κ2) is 6.54. The van der Waals surface area contributed by atoms with Gasteiger partial charge in [0.1, 0.15) is 0 Å². The first-order valence-corrected chi connectivity index (χ1v) is 7.51. The van der Waals surface area contributed by atoms with E-state index in [2.05, 4.69) is 0 Å². The normalized spacial score (nSPS) is 23.6. The van der Waals surface area contributed by atoms with Crippen LogP contribution in [0.1, 0.15) is 32.1 Å². The minimum Gasteiger partial charge on any atom is -0.480 e. The standard InChI is InChI=1S/C14H25N3O3/c15-11-14(4-1-2-5-14)13(20)17-7-3-6-16(8-9-17)10-12(18)19/h1-11,15H2,(H,18,19).